The Morgan fingerprint density at radius 2 is 1.37 bits per heavy atom. The normalized spacial score (nSPS) is 13.8. The number of hydrogen-bond donors (Lipinski definition) is 0. The minimum atomic E-state index is -0.274. The molecule has 0 bridgehead atoms. The molecule has 4 heteroatoms. The van der Waals surface area contributed by atoms with E-state index in [0.717, 1.165) is 60.9 Å². The molecule has 0 fully saturated rings. The van der Waals surface area contributed by atoms with Crippen LogP contribution in [0, 0.1) is 0 Å². The van der Waals surface area contributed by atoms with Crippen molar-refractivity contribution in [3.63, 3.8) is 0 Å². The Morgan fingerprint density at radius 1 is 0.634 bits per heavy atom. The molecule has 5 aromatic carbocycles. The highest BCUT2D eigenvalue weighted by atomic mass is 16.3. The van der Waals surface area contributed by atoms with Crippen molar-refractivity contribution in [2.24, 2.45) is 0 Å². The third-order valence-electron chi connectivity index (χ3n) is 8.78. The lowest BCUT2D eigenvalue weighted by molar-refractivity contribution is 0.632. The van der Waals surface area contributed by atoms with E-state index in [4.69, 9.17) is 14.4 Å². The first-order valence-electron chi connectivity index (χ1n) is 14.0. The smallest absolute Gasteiger partial charge is 0.235 e. The van der Waals surface area contributed by atoms with Crippen molar-refractivity contribution in [1.82, 2.24) is 14.5 Å². The Labute approximate surface area is 236 Å². The summed E-state index contributed by atoms with van der Waals surface area (Å²) in [5.41, 5.74) is 10.3. The summed E-state index contributed by atoms with van der Waals surface area (Å²) in [6.07, 6.45) is 0. The van der Waals surface area contributed by atoms with Crippen LogP contribution in [0.4, 0.5) is 0 Å². The maximum atomic E-state index is 6.34. The molecule has 3 heterocycles. The number of fused-ring (bicyclic) bond motifs is 10. The second-order valence-corrected chi connectivity index (χ2v) is 11.4. The average Bonchev–Trinajstić information content (AvgIpc) is 3.63. The molecule has 0 spiro atoms. The van der Waals surface area contributed by atoms with Crippen molar-refractivity contribution in [3.05, 3.63) is 127 Å². The summed E-state index contributed by atoms with van der Waals surface area (Å²) >= 11 is 0. The van der Waals surface area contributed by atoms with Crippen LogP contribution in [0.3, 0.4) is 0 Å². The van der Waals surface area contributed by atoms with E-state index in [1.165, 1.54) is 16.5 Å². The van der Waals surface area contributed by atoms with E-state index in [0.29, 0.717) is 5.95 Å². The number of nitrogens with zero attached hydrogens (tertiary/aromatic N) is 3. The van der Waals surface area contributed by atoms with Crippen LogP contribution in [0.25, 0.3) is 72.1 Å². The highest BCUT2D eigenvalue weighted by Gasteiger charge is 2.40. The van der Waals surface area contributed by atoms with E-state index < -0.39 is 0 Å². The number of para-hydroxylation sites is 2. The molecule has 0 N–H and O–H groups in total. The number of rotatable bonds is 2. The van der Waals surface area contributed by atoms with E-state index in [1.807, 2.05) is 12.1 Å². The van der Waals surface area contributed by atoms with E-state index in [-0.39, 0.29) is 5.41 Å². The third-order valence-corrected chi connectivity index (χ3v) is 8.78. The fourth-order valence-electron chi connectivity index (χ4n) is 6.91. The van der Waals surface area contributed by atoms with Crippen LogP contribution in [0.2, 0.25) is 0 Å². The summed E-state index contributed by atoms with van der Waals surface area (Å²) in [7, 11) is 0. The molecule has 4 nitrogen and oxygen atoms in total. The molecule has 1 aliphatic rings. The van der Waals surface area contributed by atoms with Gasteiger partial charge in [0.05, 0.1) is 27.8 Å². The zero-order valence-corrected chi connectivity index (χ0v) is 22.7. The predicted octanol–water partition coefficient (Wildman–Crippen LogP) is 9.45. The minimum Gasteiger partial charge on any atom is -0.456 e. The first-order valence-corrected chi connectivity index (χ1v) is 14.0. The average molecular weight is 528 g/mol. The highest BCUT2D eigenvalue weighted by molar-refractivity contribution is 6.24. The molecule has 0 atom stereocenters. The molecule has 0 radical (unpaired) electrons. The first-order chi connectivity index (χ1) is 20.1. The number of furan rings is 1. The van der Waals surface area contributed by atoms with Crippen LogP contribution in [0.5, 0.6) is 0 Å². The van der Waals surface area contributed by atoms with Crippen LogP contribution >= 0.6 is 0 Å². The molecule has 1 aliphatic carbocycles. The Hall–Kier alpha value is -5.22. The van der Waals surface area contributed by atoms with Crippen molar-refractivity contribution in [1.29, 1.82) is 0 Å². The molecule has 3 aromatic heterocycles. The zero-order valence-electron chi connectivity index (χ0n) is 22.7. The van der Waals surface area contributed by atoms with Crippen LogP contribution in [-0.4, -0.2) is 14.5 Å². The summed E-state index contributed by atoms with van der Waals surface area (Å²) in [4.78, 5) is 10.9. The van der Waals surface area contributed by atoms with Crippen molar-refractivity contribution < 1.29 is 4.42 Å². The summed E-state index contributed by atoms with van der Waals surface area (Å²) in [6, 6.07) is 40.3. The molecule has 194 valence electrons. The Balaban J connectivity index is 1.48. The number of hydrogen-bond acceptors (Lipinski definition) is 3. The first kappa shape index (κ1) is 22.6. The summed E-state index contributed by atoms with van der Waals surface area (Å²) in [5.74, 6) is 0.674. The largest absolute Gasteiger partial charge is 0.456 e. The van der Waals surface area contributed by atoms with Gasteiger partial charge >= 0.3 is 0 Å². The summed E-state index contributed by atoms with van der Waals surface area (Å²) in [6.45, 7) is 4.55. The molecule has 9 rings (SSSR count). The predicted molar refractivity (Wildman–Crippen MR) is 167 cm³/mol. The molecule has 0 aliphatic heterocycles. The van der Waals surface area contributed by atoms with Gasteiger partial charge in [0.15, 0.2) is 0 Å². The molecule has 0 unspecified atom stereocenters. The van der Waals surface area contributed by atoms with Gasteiger partial charge in [-0.2, -0.15) is 0 Å². The van der Waals surface area contributed by atoms with Crippen LogP contribution in [0.1, 0.15) is 25.1 Å². The van der Waals surface area contributed by atoms with Gasteiger partial charge in [0, 0.05) is 32.7 Å². The monoisotopic (exact) mass is 527 g/mol. The van der Waals surface area contributed by atoms with E-state index >= 15 is 0 Å². The summed E-state index contributed by atoms with van der Waals surface area (Å²) < 4.78 is 8.59. The van der Waals surface area contributed by atoms with Gasteiger partial charge in [-0.1, -0.05) is 105 Å². The second kappa shape index (κ2) is 7.92. The summed E-state index contributed by atoms with van der Waals surface area (Å²) in [5, 5.41) is 4.51. The van der Waals surface area contributed by atoms with Gasteiger partial charge in [0.2, 0.25) is 5.95 Å². The molecule has 0 saturated heterocycles. The molecular formula is C37H25N3O. The van der Waals surface area contributed by atoms with Crippen LogP contribution in [0.15, 0.2) is 120 Å². The van der Waals surface area contributed by atoms with Gasteiger partial charge in [-0.05, 0) is 35.4 Å². The lowest BCUT2D eigenvalue weighted by atomic mass is 9.85. The molecule has 0 saturated carbocycles. The molecule has 8 aromatic rings. The maximum Gasteiger partial charge on any atom is 0.235 e. The van der Waals surface area contributed by atoms with Crippen LogP contribution < -0.4 is 0 Å². The van der Waals surface area contributed by atoms with E-state index in [2.05, 4.69) is 122 Å². The van der Waals surface area contributed by atoms with Gasteiger partial charge in [0.25, 0.3) is 0 Å². The number of aromatic nitrogens is 3. The quantitative estimate of drug-likeness (QED) is 0.225. The lowest BCUT2D eigenvalue weighted by Crippen LogP contribution is -2.18. The standard InChI is InChI=1S/C37H25N3O/c1-37(2)27-17-9-6-15-25(27)32-33(22-12-4-3-5-13-22)38-36(39-35(32)37)40-28-18-10-7-14-23(28)24-20-21-30-31(34(24)40)26-16-8-11-19-29(26)41-30/h3-21H,1-2H3. The number of benzene rings is 5. The van der Waals surface area contributed by atoms with Gasteiger partial charge in [-0.25, -0.2) is 9.97 Å². The van der Waals surface area contributed by atoms with Crippen molar-refractivity contribution in [3.8, 4) is 28.3 Å². The van der Waals surface area contributed by atoms with Gasteiger partial charge in [-0.3, -0.25) is 4.57 Å². The van der Waals surface area contributed by atoms with Crippen molar-refractivity contribution >= 4 is 43.7 Å². The SMILES string of the molecule is CC1(C)c2ccccc2-c2c(-c3ccccc3)nc(-n3c4ccccc4c4ccc5oc6ccccc6c5c43)nc21. The van der Waals surface area contributed by atoms with E-state index in [1.54, 1.807) is 0 Å². The van der Waals surface area contributed by atoms with Crippen LogP contribution in [-0.2, 0) is 5.41 Å². The minimum absolute atomic E-state index is 0.274. The van der Waals surface area contributed by atoms with Crippen molar-refractivity contribution in [2.45, 2.75) is 19.3 Å². The fourth-order valence-corrected chi connectivity index (χ4v) is 6.91. The van der Waals surface area contributed by atoms with E-state index in [9.17, 15) is 0 Å². The Bertz CT molecular complexity index is 2340. The maximum absolute atomic E-state index is 6.34. The lowest BCUT2D eigenvalue weighted by Gasteiger charge is -2.21. The highest BCUT2D eigenvalue weighted by Crippen LogP contribution is 2.51. The fraction of sp³-hybridized carbons (Fsp3) is 0.0811. The Morgan fingerprint density at radius 3 is 2.24 bits per heavy atom. The Kier molecular flexibility index (Phi) is 4.36. The second-order valence-electron chi connectivity index (χ2n) is 11.4. The van der Waals surface area contributed by atoms with Gasteiger partial charge in [-0.15, -0.1) is 0 Å². The topological polar surface area (TPSA) is 43.9 Å². The molecule has 41 heavy (non-hydrogen) atoms. The molecular weight excluding hydrogens is 502 g/mol. The van der Waals surface area contributed by atoms with Gasteiger partial charge < -0.3 is 4.42 Å². The third kappa shape index (κ3) is 2.94. The van der Waals surface area contributed by atoms with Gasteiger partial charge in [0.1, 0.15) is 11.2 Å². The van der Waals surface area contributed by atoms with Crippen molar-refractivity contribution in [2.75, 3.05) is 0 Å². The molecule has 0 amide bonds. The zero-order chi connectivity index (χ0) is 27.3.